The number of halogens is 1. The Balaban J connectivity index is 0.00000161. The minimum atomic E-state index is -3.33. The number of hydrogen-bond donors (Lipinski definition) is 1. The molecule has 8 heteroatoms. The van der Waals surface area contributed by atoms with E-state index in [9.17, 15) is 8.42 Å². The van der Waals surface area contributed by atoms with Crippen molar-refractivity contribution in [1.29, 1.82) is 0 Å². The molecule has 0 aromatic rings. The van der Waals surface area contributed by atoms with E-state index in [1.165, 1.54) is 0 Å². The normalized spacial score (nSPS) is 38.8. The molecule has 0 aromatic heterocycles. The summed E-state index contributed by atoms with van der Waals surface area (Å²) in [5.41, 5.74) is 0. The summed E-state index contributed by atoms with van der Waals surface area (Å²) in [5, 5.41) is 3.37. The number of hydrogen-bond acceptors (Lipinski definition) is 4. The van der Waals surface area contributed by atoms with Gasteiger partial charge in [0.2, 0.25) is 0 Å². The Hall–Kier alpha value is 0.0800. The number of nitrogens with one attached hydrogen (secondary N) is 1. The number of ether oxygens (including phenoxy) is 1. The van der Waals surface area contributed by atoms with Crippen molar-refractivity contribution in [3.05, 3.63) is 0 Å². The highest BCUT2D eigenvalue weighted by molar-refractivity contribution is 7.86. The summed E-state index contributed by atoms with van der Waals surface area (Å²) in [5.74, 6) is 1.14. The van der Waals surface area contributed by atoms with Crippen LogP contribution in [0.3, 0.4) is 0 Å². The highest BCUT2D eigenvalue weighted by Gasteiger charge is 2.41. The zero-order valence-electron chi connectivity index (χ0n) is 12.7. The Morgan fingerprint density at radius 1 is 1.00 bits per heavy atom. The van der Waals surface area contributed by atoms with Crippen LogP contribution in [-0.2, 0) is 14.9 Å². The van der Waals surface area contributed by atoms with Gasteiger partial charge in [-0.15, -0.1) is 12.4 Å². The van der Waals surface area contributed by atoms with Crippen LogP contribution in [0, 0.1) is 11.8 Å². The van der Waals surface area contributed by atoms with Gasteiger partial charge in [-0.3, -0.25) is 0 Å². The monoisotopic (exact) mass is 339 g/mol. The number of morpholine rings is 1. The van der Waals surface area contributed by atoms with E-state index in [0.29, 0.717) is 38.0 Å². The molecule has 4 unspecified atom stereocenters. The molecule has 6 nitrogen and oxygen atoms in total. The first-order valence-electron chi connectivity index (χ1n) is 7.58. The second-order valence-corrected chi connectivity index (χ2v) is 8.34. The third-order valence-electron chi connectivity index (χ3n) is 4.71. The lowest BCUT2D eigenvalue weighted by atomic mass is 9.90. The van der Waals surface area contributed by atoms with E-state index in [0.717, 1.165) is 19.5 Å². The molecule has 3 fully saturated rings. The summed E-state index contributed by atoms with van der Waals surface area (Å²) in [6.45, 7) is 8.13. The van der Waals surface area contributed by atoms with E-state index in [1.807, 2.05) is 13.8 Å². The lowest BCUT2D eigenvalue weighted by Gasteiger charge is -2.40. The Morgan fingerprint density at radius 3 is 2.29 bits per heavy atom. The second kappa shape index (κ2) is 6.68. The highest BCUT2D eigenvalue weighted by Crippen LogP contribution is 2.29. The molecular formula is C13H26ClN3O3S. The average Bonchev–Trinajstić information content (AvgIpc) is 2.84. The molecule has 3 aliphatic rings. The molecular weight excluding hydrogens is 314 g/mol. The van der Waals surface area contributed by atoms with Gasteiger partial charge in [0.25, 0.3) is 10.2 Å². The summed E-state index contributed by atoms with van der Waals surface area (Å²) in [4.78, 5) is 0. The zero-order chi connectivity index (χ0) is 14.3. The first-order valence-corrected chi connectivity index (χ1v) is 8.98. The van der Waals surface area contributed by atoms with Crippen LogP contribution >= 0.6 is 12.4 Å². The van der Waals surface area contributed by atoms with Gasteiger partial charge in [0.15, 0.2) is 0 Å². The van der Waals surface area contributed by atoms with Crippen LogP contribution in [0.5, 0.6) is 0 Å². The van der Waals surface area contributed by atoms with Crippen molar-refractivity contribution >= 4 is 22.6 Å². The van der Waals surface area contributed by atoms with Gasteiger partial charge in [0, 0.05) is 26.2 Å². The molecule has 0 aromatic carbocycles. The summed E-state index contributed by atoms with van der Waals surface area (Å²) in [6, 6.07) is 0. The van der Waals surface area contributed by atoms with Gasteiger partial charge in [0.1, 0.15) is 0 Å². The van der Waals surface area contributed by atoms with E-state index in [1.54, 1.807) is 8.61 Å². The maximum absolute atomic E-state index is 12.8. The van der Waals surface area contributed by atoms with Crippen LogP contribution in [0.4, 0.5) is 0 Å². The molecule has 124 valence electrons. The van der Waals surface area contributed by atoms with Crippen LogP contribution < -0.4 is 5.32 Å². The van der Waals surface area contributed by atoms with Gasteiger partial charge in [0.05, 0.1) is 12.2 Å². The minimum absolute atomic E-state index is 0. The lowest BCUT2D eigenvalue weighted by molar-refractivity contribution is -0.0458. The molecule has 3 saturated heterocycles. The van der Waals surface area contributed by atoms with Crippen molar-refractivity contribution in [2.75, 3.05) is 39.3 Å². The smallest absolute Gasteiger partial charge is 0.282 e. The van der Waals surface area contributed by atoms with E-state index in [2.05, 4.69) is 5.32 Å². The molecule has 3 aliphatic heterocycles. The largest absolute Gasteiger partial charge is 0.373 e. The number of piperidine rings is 1. The summed E-state index contributed by atoms with van der Waals surface area (Å²) >= 11 is 0. The lowest BCUT2D eigenvalue weighted by Crippen LogP contribution is -2.55. The Bertz CT molecular complexity index is 452. The van der Waals surface area contributed by atoms with Gasteiger partial charge in [-0.1, -0.05) is 0 Å². The fourth-order valence-corrected chi connectivity index (χ4v) is 5.53. The van der Waals surface area contributed by atoms with Gasteiger partial charge in [-0.2, -0.15) is 17.0 Å². The van der Waals surface area contributed by atoms with Crippen molar-refractivity contribution in [3.8, 4) is 0 Å². The Morgan fingerprint density at radius 2 is 1.62 bits per heavy atom. The standard InChI is InChI=1S/C13H25N3O3S.ClH/c1-10-7-16(8-11(2)19-10)20(17,18)15-4-3-12-5-14-6-13(12)9-15;/h10-14H,3-9H2,1-2H3;1H. The van der Waals surface area contributed by atoms with E-state index in [-0.39, 0.29) is 24.6 Å². The maximum atomic E-state index is 12.8. The van der Waals surface area contributed by atoms with Crippen molar-refractivity contribution in [3.63, 3.8) is 0 Å². The number of rotatable bonds is 2. The molecule has 0 bridgehead atoms. The maximum Gasteiger partial charge on any atom is 0.282 e. The van der Waals surface area contributed by atoms with E-state index < -0.39 is 10.2 Å². The summed E-state index contributed by atoms with van der Waals surface area (Å²) < 4.78 is 34.5. The topological polar surface area (TPSA) is 61.9 Å². The highest BCUT2D eigenvalue weighted by atomic mass is 35.5. The van der Waals surface area contributed by atoms with Gasteiger partial charge in [-0.25, -0.2) is 0 Å². The molecule has 3 rings (SSSR count). The number of fused-ring (bicyclic) bond motifs is 1. The molecule has 21 heavy (non-hydrogen) atoms. The Kier molecular flexibility index (Phi) is 5.55. The Labute approximate surface area is 133 Å². The molecule has 0 amide bonds. The van der Waals surface area contributed by atoms with Crippen LogP contribution in [0.1, 0.15) is 20.3 Å². The summed E-state index contributed by atoms with van der Waals surface area (Å²) in [6.07, 6.45) is 0.921. The first-order chi connectivity index (χ1) is 9.46. The van der Waals surface area contributed by atoms with E-state index >= 15 is 0 Å². The van der Waals surface area contributed by atoms with Crippen molar-refractivity contribution in [2.24, 2.45) is 11.8 Å². The molecule has 4 atom stereocenters. The second-order valence-electron chi connectivity index (χ2n) is 6.41. The first kappa shape index (κ1) is 17.4. The molecule has 0 aliphatic carbocycles. The van der Waals surface area contributed by atoms with Crippen LogP contribution in [0.2, 0.25) is 0 Å². The SMILES string of the molecule is CC1CN(S(=O)(=O)N2CCC3CNCC3C2)CC(C)O1.Cl. The van der Waals surface area contributed by atoms with Crippen molar-refractivity contribution in [1.82, 2.24) is 13.9 Å². The molecule has 0 saturated carbocycles. The predicted octanol–water partition coefficient (Wildman–Crippen LogP) is 0.304. The molecule has 1 N–H and O–H groups in total. The van der Waals surface area contributed by atoms with E-state index in [4.69, 9.17) is 4.74 Å². The fraction of sp³-hybridized carbons (Fsp3) is 1.00. The van der Waals surface area contributed by atoms with Gasteiger partial charge < -0.3 is 10.1 Å². The fourth-order valence-electron chi connectivity index (χ4n) is 3.69. The van der Waals surface area contributed by atoms with Crippen LogP contribution in [0.25, 0.3) is 0 Å². The number of nitrogens with zero attached hydrogens (tertiary/aromatic N) is 2. The zero-order valence-corrected chi connectivity index (χ0v) is 14.3. The third-order valence-corrected chi connectivity index (χ3v) is 6.64. The van der Waals surface area contributed by atoms with Gasteiger partial charge >= 0.3 is 0 Å². The van der Waals surface area contributed by atoms with Crippen molar-refractivity contribution in [2.45, 2.75) is 32.5 Å². The van der Waals surface area contributed by atoms with Crippen LogP contribution in [-0.4, -0.2) is 68.5 Å². The molecule has 0 spiro atoms. The van der Waals surface area contributed by atoms with Crippen LogP contribution in [0.15, 0.2) is 0 Å². The van der Waals surface area contributed by atoms with Gasteiger partial charge in [-0.05, 0) is 45.2 Å². The summed E-state index contributed by atoms with van der Waals surface area (Å²) in [7, 11) is -3.33. The minimum Gasteiger partial charge on any atom is -0.373 e. The predicted molar refractivity (Wildman–Crippen MR) is 83.8 cm³/mol. The molecule has 3 heterocycles. The van der Waals surface area contributed by atoms with Crippen molar-refractivity contribution < 1.29 is 13.2 Å². The quantitative estimate of drug-likeness (QED) is 0.786. The molecule has 0 radical (unpaired) electrons. The third kappa shape index (κ3) is 3.54. The average molecular weight is 340 g/mol.